The van der Waals surface area contributed by atoms with Gasteiger partial charge in [0, 0.05) is 0 Å². The van der Waals surface area contributed by atoms with Gasteiger partial charge in [-0.3, -0.25) is 19.3 Å². The van der Waals surface area contributed by atoms with E-state index < -0.39 is 42.4 Å². The normalized spacial score (nSPS) is 30.1. The Morgan fingerprint density at radius 3 is 2.70 bits per heavy atom. The van der Waals surface area contributed by atoms with E-state index in [-0.39, 0.29) is 11.2 Å². The minimum atomic E-state index is -1.34. The van der Waals surface area contributed by atoms with Gasteiger partial charge in [-0.15, -0.1) is 0 Å². The lowest BCUT2D eigenvalue weighted by Crippen LogP contribution is -2.33. The first-order valence-corrected chi connectivity index (χ1v) is 5.84. The van der Waals surface area contributed by atoms with Crippen molar-refractivity contribution in [3.63, 3.8) is 0 Å². The molecule has 1 aliphatic heterocycles. The van der Waals surface area contributed by atoms with Crippen molar-refractivity contribution in [2.45, 2.75) is 24.5 Å². The molecule has 0 radical (unpaired) electrons. The van der Waals surface area contributed by atoms with Crippen LogP contribution in [0.4, 0.5) is 0 Å². The van der Waals surface area contributed by atoms with Crippen LogP contribution in [0.2, 0.25) is 0 Å². The Bertz CT molecular complexity index is 748. The number of nitrogens with one attached hydrogen (secondary N) is 2. The number of aliphatic hydroxyl groups is 3. The molecular weight excluding hydrogens is 272 g/mol. The minimum absolute atomic E-state index is 0.000519. The van der Waals surface area contributed by atoms with Crippen LogP contribution in [0.5, 0.6) is 0 Å². The van der Waals surface area contributed by atoms with E-state index in [2.05, 4.69) is 9.97 Å². The summed E-state index contributed by atoms with van der Waals surface area (Å²) in [6.45, 7) is -0.478. The highest BCUT2D eigenvalue weighted by atomic mass is 16.6. The predicted molar refractivity (Wildman–Crippen MR) is 64.0 cm³/mol. The second kappa shape index (κ2) is 4.52. The molecule has 10 nitrogen and oxygen atoms in total. The van der Waals surface area contributed by atoms with Crippen LogP contribution in [0.3, 0.4) is 0 Å². The molecule has 3 rings (SSSR count). The van der Waals surface area contributed by atoms with E-state index in [0.717, 1.165) is 0 Å². The van der Waals surface area contributed by atoms with Gasteiger partial charge in [0.2, 0.25) is 0 Å². The molecule has 108 valence electrons. The Morgan fingerprint density at radius 1 is 1.30 bits per heavy atom. The molecule has 3 heterocycles. The number of imidazole rings is 1. The van der Waals surface area contributed by atoms with E-state index in [9.17, 15) is 19.8 Å². The van der Waals surface area contributed by atoms with Crippen molar-refractivity contribution in [1.29, 1.82) is 0 Å². The number of hydrogen-bond donors (Lipinski definition) is 5. The molecule has 1 fully saturated rings. The maximum atomic E-state index is 11.8. The number of nitrogens with zero attached hydrogens (tertiary/aromatic N) is 2. The largest absolute Gasteiger partial charge is 0.394 e. The summed E-state index contributed by atoms with van der Waals surface area (Å²) in [5.41, 5.74) is -1.36. The number of rotatable bonds is 2. The van der Waals surface area contributed by atoms with Crippen molar-refractivity contribution in [2.75, 3.05) is 6.61 Å². The zero-order valence-electron chi connectivity index (χ0n) is 10.1. The maximum Gasteiger partial charge on any atom is 0.327 e. The van der Waals surface area contributed by atoms with Gasteiger partial charge in [-0.2, -0.15) is 0 Å². The SMILES string of the molecule is O=c1[nH]c(=O)c2c(ncn2C2O[C@H](CO)[C@@H](O)[C@H]2O)[nH]1. The predicted octanol–water partition coefficient (Wildman–Crippen LogP) is -2.98. The zero-order chi connectivity index (χ0) is 14.4. The average Bonchev–Trinajstić information content (AvgIpc) is 2.93. The maximum absolute atomic E-state index is 11.8. The van der Waals surface area contributed by atoms with Gasteiger partial charge in [-0.1, -0.05) is 0 Å². The molecule has 0 aromatic carbocycles. The number of hydrogen-bond acceptors (Lipinski definition) is 7. The molecule has 1 saturated heterocycles. The second-order valence-corrected chi connectivity index (χ2v) is 4.49. The van der Waals surface area contributed by atoms with Crippen LogP contribution < -0.4 is 11.2 Å². The summed E-state index contributed by atoms with van der Waals surface area (Å²) in [6, 6.07) is 0. The molecule has 0 amide bonds. The Balaban J connectivity index is 2.12. The Labute approximate surface area is 110 Å². The molecule has 4 atom stereocenters. The zero-order valence-corrected chi connectivity index (χ0v) is 10.1. The summed E-state index contributed by atoms with van der Waals surface area (Å²) in [5.74, 6) is 0. The monoisotopic (exact) mass is 284 g/mol. The first kappa shape index (κ1) is 13.0. The summed E-state index contributed by atoms with van der Waals surface area (Å²) in [6.07, 6.45) is -3.47. The van der Waals surface area contributed by atoms with Gasteiger partial charge in [0.15, 0.2) is 17.4 Å². The van der Waals surface area contributed by atoms with Crippen molar-refractivity contribution >= 4 is 11.2 Å². The number of aliphatic hydroxyl groups excluding tert-OH is 3. The molecule has 1 unspecified atom stereocenters. The molecule has 10 heteroatoms. The number of H-pyrrole nitrogens is 2. The Hall–Kier alpha value is -2.01. The van der Waals surface area contributed by atoms with Crippen molar-refractivity contribution < 1.29 is 20.1 Å². The van der Waals surface area contributed by atoms with Crippen LogP contribution in [-0.4, -0.2) is 59.8 Å². The third-order valence-corrected chi connectivity index (χ3v) is 3.26. The molecule has 0 saturated carbocycles. The first-order chi connectivity index (χ1) is 9.52. The third kappa shape index (κ3) is 1.78. The Morgan fingerprint density at radius 2 is 2.05 bits per heavy atom. The van der Waals surface area contributed by atoms with Gasteiger partial charge in [0.1, 0.15) is 18.3 Å². The molecule has 20 heavy (non-hydrogen) atoms. The van der Waals surface area contributed by atoms with Gasteiger partial charge in [0.05, 0.1) is 12.9 Å². The van der Waals surface area contributed by atoms with Crippen LogP contribution in [0.25, 0.3) is 11.2 Å². The topological polar surface area (TPSA) is 153 Å². The lowest BCUT2D eigenvalue weighted by Gasteiger charge is -2.16. The summed E-state index contributed by atoms with van der Waals surface area (Å²) in [7, 11) is 0. The molecule has 0 aliphatic carbocycles. The van der Waals surface area contributed by atoms with E-state index in [1.54, 1.807) is 0 Å². The fourth-order valence-electron chi connectivity index (χ4n) is 2.28. The summed E-state index contributed by atoms with van der Waals surface area (Å²) >= 11 is 0. The fraction of sp³-hybridized carbons (Fsp3) is 0.500. The van der Waals surface area contributed by atoms with Crippen molar-refractivity contribution in [2.24, 2.45) is 0 Å². The second-order valence-electron chi connectivity index (χ2n) is 4.49. The molecular formula is C10H12N4O6. The van der Waals surface area contributed by atoms with Crippen molar-refractivity contribution in [3.05, 3.63) is 27.2 Å². The van der Waals surface area contributed by atoms with Crippen LogP contribution >= 0.6 is 0 Å². The highest BCUT2D eigenvalue weighted by Crippen LogP contribution is 2.30. The first-order valence-electron chi connectivity index (χ1n) is 5.84. The van der Waals surface area contributed by atoms with E-state index in [0.29, 0.717) is 0 Å². The number of fused-ring (bicyclic) bond motifs is 1. The third-order valence-electron chi connectivity index (χ3n) is 3.26. The lowest BCUT2D eigenvalue weighted by atomic mass is 10.1. The van der Waals surface area contributed by atoms with Crippen LogP contribution in [0.15, 0.2) is 15.9 Å². The highest BCUT2D eigenvalue weighted by molar-refractivity contribution is 5.69. The lowest BCUT2D eigenvalue weighted by molar-refractivity contribution is -0.0509. The number of aromatic amines is 2. The van der Waals surface area contributed by atoms with Crippen LogP contribution in [0.1, 0.15) is 6.23 Å². The molecule has 5 N–H and O–H groups in total. The van der Waals surface area contributed by atoms with Crippen LogP contribution in [0, 0.1) is 0 Å². The Kier molecular flexibility index (Phi) is 2.94. The quantitative estimate of drug-likeness (QED) is 0.394. The molecule has 0 spiro atoms. The highest BCUT2D eigenvalue weighted by Gasteiger charge is 2.44. The molecule has 2 aromatic heterocycles. The van der Waals surface area contributed by atoms with Crippen molar-refractivity contribution in [1.82, 2.24) is 19.5 Å². The van der Waals surface area contributed by atoms with E-state index in [1.165, 1.54) is 10.9 Å². The average molecular weight is 284 g/mol. The summed E-state index contributed by atoms with van der Waals surface area (Å²) < 4.78 is 6.50. The van der Waals surface area contributed by atoms with E-state index in [1.807, 2.05) is 4.98 Å². The van der Waals surface area contributed by atoms with Gasteiger partial charge in [0.25, 0.3) is 5.56 Å². The summed E-state index contributed by atoms with van der Waals surface area (Å²) in [5, 5.41) is 28.7. The fourth-order valence-corrected chi connectivity index (χ4v) is 2.28. The van der Waals surface area contributed by atoms with Gasteiger partial charge in [-0.05, 0) is 0 Å². The number of ether oxygens (including phenoxy) is 1. The van der Waals surface area contributed by atoms with Crippen LogP contribution in [-0.2, 0) is 4.74 Å². The van der Waals surface area contributed by atoms with Gasteiger partial charge >= 0.3 is 5.69 Å². The van der Waals surface area contributed by atoms with Gasteiger partial charge in [-0.25, -0.2) is 9.78 Å². The van der Waals surface area contributed by atoms with Crippen molar-refractivity contribution in [3.8, 4) is 0 Å². The molecule has 2 aromatic rings. The van der Waals surface area contributed by atoms with E-state index >= 15 is 0 Å². The number of aromatic nitrogens is 4. The summed E-state index contributed by atoms with van der Waals surface area (Å²) in [4.78, 5) is 31.1. The smallest absolute Gasteiger partial charge is 0.327 e. The standard InChI is InChI=1S/C10H12N4O6/c15-1-3-5(16)6(17)9(20-3)14-2-11-7-4(14)8(18)13-10(19)12-7/h2-3,5-6,9,15-17H,1H2,(H2,12,13,18,19)/t3-,5-,6-,9?/m1/s1. The van der Waals surface area contributed by atoms with E-state index in [4.69, 9.17) is 9.84 Å². The van der Waals surface area contributed by atoms with Gasteiger partial charge < -0.3 is 20.1 Å². The molecule has 0 bridgehead atoms. The molecule has 1 aliphatic rings. The minimum Gasteiger partial charge on any atom is -0.394 e.